The highest BCUT2D eigenvalue weighted by Gasteiger charge is 2.18. The van der Waals surface area contributed by atoms with Crippen molar-refractivity contribution in [3.63, 3.8) is 0 Å². The second-order valence-corrected chi connectivity index (χ2v) is 11.8. The molecule has 0 amide bonds. The van der Waals surface area contributed by atoms with Crippen molar-refractivity contribution in [3.8, 4) is 51.0 Å². The Morgan fingerprint density at radius 3 is 1.46 bits per heavy atom. The smallest absolute Gasteiger partial charge is 0.238 e. The molecule has 9 aromatic rings. The van der Waals surface area contributed by atoms with Gasteiger partial charge in [-0.3, -0.25) is 4.57 Å². The van der Waals surface area contributed by atoms with Crippen molar-refractivity contribution >= 4 is 32.6 Å². The van der Waals surface area contributed by atoms with Crippen molar-refractivity contribution in [3.05, 3.63) is 170 Å². The number of para-hydroxylation sites is 2. The summed E-state index contributed by atoms with van der Waals surface area (Å²) < 4.78 is 15.9. The van der Waals surface area contributed by atoms with Crippen molar-refractivity contribution in [2.24, 2.45) is 0 Å². The first-order valence-electron chi connectivity index (χ1n) is 15.9. The molecule has 0 saturated heterocycles. The molecule has 7 aromatic carbocycles. The van der Waals surface area contributed by atoms with Crippen LogP contribution in [-0.2, 0) is 0 Å². The summed E-state index contributed by atoms with van der Waals surface area (Å²) in [6.07, 6.45) is 0. The fraction of sp³-hybridized carbons (Fsp3) is 0. The van der Waals surface area contributed by atoms with Crippen molar-refractivity contribution in [2.45, 2.75) is 0 Å². The summed E-state index contributed by atoms with van der Waals surface area (Å²) in [6, 6.07) is 54.5. The lowest BCUT2D eigenvalue weighted by molar-refractivity contribution is 0.628. The summed E-state index contributed by atoms with van der Waals surface area (Å²) in [4.78, 5) is 15.1. The Bertz CT molecular complexity index is 2550. The van der Waals surface area contributed by atoms with Gasteiger partial charge in [-0.05, 0) is 57.3 Å². The Morgan fingerprint density at radius 1 is 0.396 bits per heavy atom. The average molecular weight is 619 g/mol. The molecular weight excluding hydrogens is 591 g/mol. The van der Waals surface area contributed by atoms with Gasteiger partial charge in [0.2, 0.25) is 5.95 Å². The van der Waals surface area contributed by atoms with Gasteiger partial charge in [-0.1, -0.05) is 140 Å². The largest absolute Gasteiger partial charge is 0.278 e. The molecule has 0 radical (unpaired) electrons. The van der Waals surface area contributed by atoms with E-state index >= 15 is 0 Å². The van der Waals surface area contributed by atoms with E-state index in [1.807, 2.05) is 60.7 Å². The Labute approximate surface area is 276 Å². The number of benzene rings is 7. The van der Waals surface area contributed by atoms with Crippen LogP contribution in [0.15, 0.2) is 164 Å². The highest BCUT2D eigenvalue weighted by molar-refractivity contribution is 6.09. The lowest BCUT2D eigenvalue weighted by Gasteiger charge is -2.13. The molecule has 0 unspecified atom stereocenters. The quantitative estimate of drug-likeness (QED) is 0.193. The fourth-order valence-electron chi connectivity index (χ4n) is 6.70. The zero-order valence-electron chi connectivity index (χ0n) is 25.8. The van der Waals surface area contributed by atoms with Crippen molar-refractivity contribution in [2.75, 3.05) is 0 Å². The van der Waals surface area contributed by atoms with Gasteiger partial charge in [-0.25, -0.2) is 9.37 Å². The Hall–Kier alpha value is -6.46. The molecule has 226 valence electrons. The van der Waals surface area contributed by atoms with E-state index in [-0.39, 0.29) is 5.82 Å². The first-order valence-corrected chi connectivity index (χ1v) is 15.9. The van der Waals surface area contributed by atoms with Gasteiger partial charge < -0.3 is 0 Å². The highest BCUT2D eigenvalue weighted by atomic mass is 19.1. The molecule has 0 bridgehead atoms. The van der Waals surface area contributed by atoms with E-state index < -0.39 is 0 Å². The van der Waals surface area contributed by atoms with Crippen LogP contribution in [-0.4, -0.2) is 19.5 Å². The maximum Gasteiger partial charge on any atom is 0.238 e. The minimum atomic E-state index is -0.246. The summed E-state index contributed by atoms with van der Waals surface area (Å²) in [5.74, 6) is 1.53. The first kappa shape index (κ1) is 27.8. The minimum absolute atomic E-state index is 0.246. The van der Waals surface area contributed by atoms with E-state index in [4.69, 9.17) is 15.0 Å². The number of nitrogens with zero attached hydrogens (tertiary/aromatic N) is 4. The summed E-state index contributed by atoms with van der Waals surface area (Å²) in [5, 5.41) is 4.55. The summed E-state index contributed by atoms with van der Waals surface area (Å²) in [5.41, 5.74) is 8.10. The zero-order chi connectivity index (χ0) is 32.0. The molecular formula is C43H27FN4. The van der Waals surface area contributed by atoms with E-state index in [1.165, 1.54) is 12.1 Å². The zero-order valence-corrected chi connectivity index (χ0v) is 25.8. The van der Waals surface area contributed by atoms with Crippen LogP contribution in [0.4, 0.5) is 4.39 Å². The standard InChI is InChI=1S/C43H27FN4/c44-33-26-24-29(25-27-33)35-17-9-13-30-12-8-16-34(40(30)35)28-20-22-32(23-21-28)42-45-41(31-10-2-1-3-11-31)46-43(47-42)48-38-18-6-4-14-36(38)37-15-5-7-19-39(37)48/h1-27H. The van der Waals surface area contributed by atoms with Gasteiger partial charge in [0.1, 0.15) is 5.82 Å². The van der Waals surface area contributed by atoms with Crippen LogP contribution in [0.3, 0.4) is 0 Å². The number of halogens is 1. The predicted molar refractivity (Wildman–Crippen MR) is 193 cm³/mol. The van der Waals surface area contributed by atoms with Gasteiger partial charge in [0, 0.05) is 21.9 Å². The third-order valence-electron chi connectivity index (χ3n) is 8.95. The molecule has 48 heavy (non-hydrogen) atoms. The number of fused-ring (bicyclic) bond motifs is 4. The molecule has 5 heteroatoms. The van der Waals surface area contributed by atoms with E-state index in [1.54, 1.807) is 0 Å². The molecule has 0 spiro atoms. The maximum absolute atomic E-state index is 13.8. The predicted octanol–water partition coefficient (Wildman–Crippen LogP) is 10.9. The lowest BCUT2D eigenvalue weighted by Crippen LogP contribution is -2.06. The fourth-order valence-corrected chi connectivity index (χ4v) is 6.70. The molecule has 0 saturated carbocycles. The molecule has 0 aliphatic heterocycles. The van der Waals surface area contributed by atoms with Crippen LogP contribution in [0.1, 0.15) is 0 Å². The monoisotopic (exact) mass is 618 g/mol. The Balaban J connectivity index is 1.20. The average Bonchev–Trinajstić information content (AvgIpc) is 3.49. The van der Waals surface area contributed by atoms with Crippen LogP contribution in [0.2, 0.25) is 0 Å². The molecule has 0 fully saturated rings. The molecule has 0 aliphatic carbocycles. The molecule has 2 aromatic heterocycles. The van der Waals surface area contributed by atoms with Gasteiger partial charge in [0.05, 0.1) is 11.0 Å². The Kier molecular flexibility index (Phi) is 6.61. The second-order valence-electron chi connectivity index (χ2n) is 11.8. The van der Waals surface area contributed by atoms with Gasteiger partial charge >= 0.3 is 0 Å². The van der Waals surface area contributed by atoms with Crippen molar-refractivity contribution < 1.29 is 4.39 Å². The molecule has 4 nitrogen and oxygen atoms in total. The number of hydrogen-bond acceptors (Lipinski definition) is 3. The van der Waals surface area contributed by atoms with E-state index in [0.717, 1.165) is 66.0 Å². The number of aromatic nitrogens is 4. The van der Waals surface area contributed by atoms with Crippen LogP contribution in [0.5, 0.6) is 0 Å². The second kappa shape index (κ2) is 11.4. The van der Waals surface area contributed by atoms with Crippen LogP contribution in [0.25, 0.3) is 83.6 Å². The summed E-state index contributed by atoms with van der Waals surface area (Å²) in [6.45, 7) is 0. The normalized spacial score (nSPS) is 11.4. The minimum Gasteiger partial charge on any atom is -0.278 e. The third-order valence-corrected chi connectivity index (χ3v) is 8.95. The third kappa shape index (κ3) is 4.72. The molecule has 9 rings (SSSR count). The number of hydrogen-bond donors (Lipinski definition) is 0. The topological polar surface area (TPSA) is 43.6 Å². The van der Waals surface area contributed by atoms with Gasteiger partial charge in [0.25, 0.3) is 0 Å². The van der Waals surface area contributed by atoms with Gasteiger partial charge in [-0.15, -0.1) is 0 Å². The molecule has 0 atom stereocenters. The lowest BCUT2D eigenvalue weighted by atomic mass is 9.91. The molecule has 0 aliphatic rings. The van der Waals surface area contributed by atoms with Crippen LogP contribution in [0, 0.1) is 5.82 Å². The van der Waals surface area contributed by atoms with Crippen molar-refractivity contribution in [1.82, 2.24) is 19.5 Å². The molecule has 0 N–H and O–H groups in total. The highest BCUT2D eigenvalue weighted by Crippen LogP contribution is 2.37. The van der Waals surface area contributed by atoms with Gasteiger partial charge in [-0.2, -0.15) is 9.97 Å². The van der Waals surface area contributed by atoms with E-state index in [0.29, 0.717) is 17.6 Å². The van der Waals surface area contributed by atoms with E-state index in [2.05, 4.69) is 95.6 Å². The van der Waals surface area contributed by atoms with Crippen molar-refractivity contribution in [1.29, 1.82) is 0 Å². The first-order chi connectivity index (χ1) is 23.7. The maximum atomic E-state index is 13.8. The summed E-state index contributed by atoms with van der Waals surface area (Å²) in [7, 11) is 0. The van der Waals surface area contributed by atoms with Crippen LogP contribution < -0.4 is 0 Å². The van der Waals surface area contributed by atoms with Crippen LogP contribution >= 0.6 is 0 Å². The SMILES string of the molecule is Fc1ccc(-c2cccc3cccc(-c4ccc(-c5nc(-c6ccccc6)nc(-n6c7ccccc7c7ccccc76)n5)cc4)c23)cc1. The summed E-state index contributed by atoms with van der Waals surface area (Å²) >= 11 is 0. The van der Waals surface area contributed by atoms with Gasteiger partial charge in [0.15, 0.2) is 11.6 Å². The number of rotatable bonds is 5. The van der Waals surface area contributed by atoms with E-state index in [9.17, 15) is 4.39 Å². The molecule has 2 heterocycles. The Morgan fingerprint density at radius 2 is 0.875 bits per heavy atom.